The van der Waals surface area contributed by atoms with Crippen molar-refractivity contribution in [2.24, 2.45) is 5.92 Å². The number of amides is 2. The van der Waals surface area contributed by atoms with Crippen LogP contribution in [0.2, 0.25) is 0 Å². The molecule has 0 spiro atoms. The molecular weight excluding hydrogens is 276 g/mol. The molecule has 1 atom stereocenters. The largest absolute Gasteiger partial charge is 0.326 e. The van der Waals surface area contributed by atoms with Gasteiger partial charge in [0.2, 0.25) is 11.8 Å². The van der Waals surface area contributed by atoms with Crippen molar-refractivity contribution >= 4 is 23.2 Å². The summed E-state index contributed by atoms with van der Waals surface area (Å²) in [6.45, 7) is 2.41. The summed E-state index contributed by atoms with van der Waals surface area (Å²) in [5.41, 5.74) is 2.71. The fourth-order valence-corrected chi connectivity index (χ4v) is 2.71. The van der Waals surface area contributed by atoms with Crippen LogP contribution in [0.15, 0.2) is 54.6 Å². The molecule has 4 heteroatoms. The molecule has 22 heavy (non-hydrogen) atoms. The average molecular weight is 294 g/mol. The van der Waals surface area contributed by atoms with E-state index in [1.807, 2.05) is 61.5 Å². The van der Waals surface area contributed by atoms with E-state index in [1.54, 1.807) is 4.90 Å². The third-order valence-electron chi connectivity index (χ3n) is 3.85. The fourth-order valence-electron chi connectivity index (χ4n) is 2.71. The highest BCUT2D eigenvalue weighted by Gasteiger charge is 2.35. The Kier molecular flexibility index (Phi) is 3.92. The maximum Gasteiger partial charge on any atom is 0.229 e. The zero-order valence-electron chi connectivity index (χ0n) is 12.5. The fraction of sp³-hybridized carbons (Fsp3) is 0.222. The van der Waals surface area contributed by atoms with Crippen LogP contribution in [0.3, 0.4) is 0 Å². The Morgan fingerprint density at radius 3 is 2.64 bits per heavy atom. The van der Waals surface area contributed by atoms with Crippen molar-refractivity contribution in [1.82, 2.24) is 0 Å². The van der Waals surface area contributed by atoms with Crippen LogP contribution in [0.5, 0.6) is 0 Å². The minimum Gasteiger partial charge on any atom is -0.326 e. The minimum atomic E-state index is -0.312. The topological polar surface area (TPSA) is 49.4 Å². The first-order chi connectivity index (χ1) is 10.6. The third-order valence-corrected chi connectivity index (χ3v) is 3.85. The predicted molar refractivity (Wildman–Crippen MR) is 86.7 cm³/mol. The van der Waals surface area contributed by atoms with E-state index >= 15 is 0 Å². The van der Waals surface area contributed by atoms with Crippen LogP contribution in [0.4, 0.5) is 11.4 Å². The molecule has 1 fully saturated rings. The van der Waals surface area contributed by atoms with Gasteiger partial charge in [0.25, 0.3) is 0 Å². The SMILES string of the molecule is Cc1cccc(NC(=O)[C@@H]2CC(=O)N(c3ccccc3)C2)c1. The van der Waals surface area contributed by atoms with Crippen molar-refractivity contribution in [3.63, 3.8) is 0 Å². The van der Waals surface area contributed by atoms with Crippen molar-refractivity contribution in [3.8, 4) is 0 Å². The lowest BCUT2D eigenvalue weighted by molar-refractivity contribution is -0.122. The molecule has 0 unspecified atom stereocenters. The lowest BCUT2D eigenvalue weighted by Gasteiger charge is -2.16. The number of rotatable bonds is 3. The molecule has 2 aromatic rings. The van der Waals surface area contributed by atoms with E-state index in [4.69, 9.17) is 0 Å². The highest BCUT2D eigenvalue weighted by Crippen LogP contribution is 2.25. The summed E-state index contributed by atoms with van der Waals surface area (Å²) in [6, 6.07) is 17.1. The van der Waals surface area contributed by atoms with E-state index in [9.17, 15) is 9.59 Å². The number of hydrogen-bond donors (Lipinski definition) is 1. The number of carbonyl (C=O) groups excluding carboxylic acids is 2. The van der Waals surface area contributed by atoms with Crippen LogP contribution in [0.25, 0.3) is 0 Å². The molecule has 1 saturated heterocycles. The summed E-state index contributed by atoms with van der Waals surface area (Å²) < 4.78 is 0. The second kappa shape index (κ2) is 6.02. The van der Waals surface area contributed by atoms with Gasteiger partial charge < -0.3 is 10.2 Å². The van der Waals surface area contributed by atoms with E-state index in [0.29, 0.717) is 6.54 Å². The van der Waals surface area contributed by atoms with Crippen LogP contribution < -0.4 is 10.2 Å². The Hall–Kier alpha value is -2.62. The van der Waals surface area contributed by atoms with Crippen molar-refractivity contribution in [1.29, 1.82) is 0 Å². The second-order valence-electron chi connectivity index (χ2n) is 5.60. The molecular formula is C18H18N2O2. The first-order valence-electron chi connectivity index (χ1n) is 7.36. The van der Waals surface area contributed by atoms with E-state index in [1.165, 1.54) is 0 Å². The monoisotopic (exact) mass is 294 g/mol. The molecule has 1 aliphatic rings. The lowest BCUT2D eigenvalue weighted by atomic mass is 10.1. The van der Waals surface area contributed by atoms with Crippen molar-refractivity contribution < 1.29 is 9.59 Å². The highest BCUT2D eigenvalue weighted by atomic mass is 16.2. The van der Waals surface area contributed by atoms with Gasteiger partial charge in [0.05, 0.1) is 5.92 Å². The van der Waals surface area contributed by atoms with Gasteiger partial charge in [-0.05, 0) is 36.8 Å². The number of nitrogens with one attached hydrogen (secondary N) is 1. The molecule has 112 valence electrons. The van der Waals surface area contributed by atoms with Gasteiger partial charge in [-0.2, -0.15) is 0 Å². The van der Waals surface area contributed by atoms with E-state index in [0.717, 1.165) is 16.9 Å². The quantitative estimate of drug-likeness (QED) is 0.946. The molecule has 0 radical (unpaired) electrons. The van der Waals surface area contributed by atoms with Crippen molar-refractivity contribution in [2.75, 3.05) is 16.8 Å². The Morgan fingerprint density at radius 2 is 1.91 bits per heavy atom. The van der Waals surface area contributed by atoms with Gasteiger partial charge in [-0.15, -0.1) is 0 Å². The zero-order valence-corrected chi connectivity index (χ0v) is 12.5. The third kappa shape index (κ3) is 3.01. The number of aryl methyl sites for hydroxylation is 1. The first-order valence-corrected chi connectivity index (χ1v) is 7.36. The van der Waals surface area contributed by atoms with E-state index < -0.39 is 0 Å². The standard InChI is InChI=1S/C18H18N2O2/c1-13-6-5-7-15(10-13)19-18(22)14-11-17(21)20(12-14)16-8-3-2-4-9-16/h2-10,14H,11-12H2,1H3,(H,19,22)/t14-/m1/s1. The molecule has 1 aliphatic heterocycles. The molecule has 0 bridgehead atoms. The van der Waals surface area contributed by atoms with Crippen LogP contribution in [0, 0.1) is 12.8 Å². The van der Waals surface area contributed by atoms with Gasteiger partial charge in [-0.1, -0.05) is 30.3 Å². The number of benzene rings is 2. The van der Waals surface area contributed by atoms with Crippen molar-refractivity contribution in [2.45, 2.75) is 13.3 Å². The molecule has 0 aromatic heterocycles. The maximum absolute atomic E-state index is 12.4. The van der Waals surface area contributed by atoms with Gasteiger partial charge in [0, 0.05) is 24.3 Å². The molecule has 2 aromatic carbocycles. The Balaban J connectivity index is 1.69. The Bertz CT molecular complexity index is 697. The number of anilines is 2. The molecule has 0 aliphatic carbocycles. The summed E-state index contributed by atoms with van der Waals surface area (Å²) in [5.74, 6) is -0.416. The predicted octanol–water partition coefficient (Wildman–Crippen LogP) is 2.99. The summed E-state index contributed by atoms with van der Waals surface area (Å²) in [4.78, 5) is 26.2. The summed E-state index contributed by atoms with van der Waals surface area (Å²) >= 11 is 0. The van der Waals surface area contributed by atoms with E-state index in [-0.39, 0.29) is 24.2 Å². The number of hydrogen-bond acceptors (Lipinski definition) is 2. The summed E-state index contributed by atoms with van der Waals surface area (Å²) in [6.07, 6.45) is 0.256. The minimum absolute atomic E-state index is 0.00408. The second-order valence-corrected chi connectivity index (χ2v) is 5.60. The van der Waals surface area contributed by atoms with Gasteiger partial charge in [0.1, 0.15) is 0 Å². The highest BCUT2D eigenvalue weighted by molar-refractivity contribution is 6.03. The molecule has 1 heterocycles. The molecule has 3 rings (SSSR count). The van der Waals surface area contributed by atoms with Gasteiger partial charge >= 0.3 is 0 Å². The smallest absolute Gasteiger partial charge is 0.229 e. The number of carbonyl (C=O) groups is 2. The van der Waals surface area contributed by atoms with Gasteiger partial charge in [-0.25, -0.2) is 0 Å². The summed E-state index contributed by atoms with van der Waals surface area (Å²) in [7, 11) is 0. The number of nitrogens with zero attached hydrogens (tertiary/aromatic N) is 1. The molecule has 1 N–H and O–H groups in total. The Labute approximate surface area is 129 Å². The maximum atomic E-state index is 12.4. The van der Waals surface area contributed by atoms with Crippen molar-refractivity contribution in [3.05, 3.63) is 60.2 Å². The van der Waals surface area contributed by atoms with Gasteiger partial charge in [0.15, 0.2) is 0 Å². The zero-order chi connectivity index (χ0) is 15.5. The molecule has 4 nitrogen and oxygen atoms in total. The average Bonchev–Trinajstić information content (AvgIpc) is 2.90. The first kappa shape index (κ1) is 14.3. The summed E-state index contributed by atoms with van der Waals surface area (Å²) in [5, 5.41) is 2.90. The van der Waals surface area contributed by atoms with Crippen LogP contribution in [-0.2, 0) is 9.59 Å². The number of para-hydroxylation sites is 1. The van der Waals surface area contributed by atoms with Crippen LogP contribution in [0.1, 0.15) is 12.0 Å². The van der Waals surface area contributed by atoms with E-state index in [2.05, 4.69) is 5.32 Å². The lowest BCUT2D eigenvalue weighted by Crippen LogP contribution is -2.28. The van der Waals surface area contributed by atoms with Crippen LogP contribution in [-0.4, -0.2) is 18.4 Å². The Morgan fingerprint density at radius 1 is 1.14 bits per heavy atom. The molecule has 0 saturated carbocycles. The van der Waals surface area contributed by atoms with Crippen LogP contribution >= 0.6 is 0 Å². The molecule has 2 amide bonds. The normalized spacial score (nSPS) is 17.6. The van der Waals surface area contributed by atoms with Gasteiger partial charge in [-0.3, -0.25) is 9.59 Å².